The summed E-state index contributed by atoms with van der Waals surface area (Å²) in [7, 11) is -0.788. The summed E-state index contributed by atoms with van der Waals surface area (Å²) in [6.45, 7) is 2.35. The summed E-state index contributed by atoms with van der Waals surface area (Å²) in [5, 5.41) is 0.594. The van der Waals surface area contributed by atoms with E-state index in [0.717, 1.165) is 9.87 Å². The zero-order chi connectivity index (χ0) is 21.0. The van der Waals surface area contributed by atoms with Gasteiger partial charge in [0.2, 0.25) is 10.0 Å². The Bertz CT molecular complexity index is 971. The van der Waals surface area contributed by atoms with Crippen molar-refractivity contribution in [2.45, 2.75) is 11.5 Å². The Hall–Kier alpha value is -2.13. The molecule has 0 aliphatic carbocycles. The molecule has 1 saturated heterocycles. The molecule has 0 bridgehead atoms. The highest BCUT2D eigenvalue weighted by Crippen LogP contribution is 2.27. The molecule has 0 unspecified atom stereocenters. The van der Waals surface area contributed by atoms with Crippen molar-refractivity contribution in [1.82, 2.24) is 4.31 Å². The molecule has 1 fully saturated rings. The van der Waals surface area contributed by atoms with Crippen LogP contribution in [0.3, 0.4) is 0 Å². The molecule has 0 N–H and O–H groups in total. The lowest BCUT2D eigenvalue weighted by Gasteiger charge is -2.30. The number of nitrogens with zero attached hydrogens (tertiary/aromatic N) is 2. The third-order valence-corrected chi connectivity index (χ3v) is 6.66. The predicted octanol–water partition coefficient (Wildman–Crippen LogP) is 2.78. The summed E-state index contributed by atoms with van der Waals surface area (Å²) in [6.07, 6.45) is 0. The van der Waals surface area contributed by atoms with E-state index in [4.69, 9.17) is 21.1 Å². The highest BCUT2D eigenvalue weighted by atomic mass is 35.5. The average molecular weight is 439 g/mol. The SMILES string of the molecule is CN(C)S(=O)(=O)c1ccc(N2CCOCC2)c(C(=O)OCc2ccc(Cl)cc2)c1. The van der Waals surface area contributed by atoms with Crippen LogP contribution in [0.5, 0.6) is 0 Å². The summed E-state index contributed by atoms with van der Waals surface area (Å²) in [4.78, 5) is 14.9. The maximum Gasteiger partial charge on any atom is 0.340 e. The number of hydrogen-bond acceptors (Lipinski definition) is 6. The van der Waals surface area contributed by atoms with Crippen molar-refractivity contribution in [3.8, 4) is 0 Å². The van der Waals surface area contributed by atoms with Gasteiger partial charge in [-0.2, -0.15) is 0 Å². The molecule has 0 atom stereocenters. The van der Waals surface area contributed by atoms with Crippen molar-refractivity contribution in [3.05, 3.63) is 58.6 Å². The van der Waals surface area contributed by atoms with Gasteiger partial charge in [0.1, 0.15) is 6.61 Å². The Labute approximate surface area is 175 Å². The van der Waals surface area contributed by atoms with Crippen LogP contribution in [0.4, 0.5) is 5.69 Å². The molecule has 9 heteroatoms. The van der Waals surface area contributed by atoms with Gasteiger partial charge in [0.25, 0.3) is 0 Å². The van der Waals surface area contributed by atoms with E-state index in [1.54, 1.807) is 30.3 Å². The lowest BCUT2D eigenvalue weighted by atomic mass is 10.1. The van der Waals surface area contributed by atoms with Gasteiger partial charge < -0.3 is 14.4 Å². The minimum absolute atomic E-state index is 0.0398. The fourth-order valence-electron chi connectivity index (χ4n) is 2.94. The number of hydrogen-bond donors (Lipinski definition) is 0. The number of benzene rings is 2. The van der Waals surface area contributed by atoms with Crippen LogP contribution in [0.15, 0.2) is 47.4 Å². The minimum Gasteiger partial charge on any atom is -0.457 e. The van der Waals surface area contributed by atoms with Crippen molar-refractivity contribution in [3.63, 3.8) is 0 Å². The molecule has 0 spiro atoms. The van der Waals surface area contributed by atoms with Crippen molar-refractivity contribution >= 4 is 33.3 Å². The molecule has 156 valence electrons. The standard InChI is InChI=1S/C20H23ClN2O5S/c1-22(2)29(25,26)17-7-8-19(23-9-11-27-12-10-23)18(13-17)20(24)28-14-15-3-5-16(21)6-4-15/h3-8,13H,9-12,14H2,1-2H3. The maximum atomic E-state index is 12.9. The normalized spacial score (nSPS) is 14.8. The third kappa shape index (κ3) is 5.08. The van der Waals surface area contributed by atoms with Gasteiger partial charge in [-0.1, -0.05) is 23.7 Å². The number of rotatable bonds is 6. The fourth-order valence-corrected chi connectivity index (χ4v) is 3.99. The van der Waals surface area contributed by atoms with Gasteiger partial charge in [-0.3, -0.25) is 0 Å². The van der Waals surface area contributed by atoms with E-state index in [1.165, 1.54) is 26.2 Å². The molecule has 2 aromatic carbocycles. The summed E-state index contributed by atoms with van der Waals surface area (Å²) >= 11 is 5.88. The molecular weight excluding hydrogens is 416 g/mol. The van der Waals surface area contributed by atoms with E-state index >= 15 is 0 Å². The molecule has 0 saturated carbocycles. The van der Waals surface area contributed by atoms with E-state index < -0.39 is 16.0 Å². The molecule has 3 rings (SSSR count). The van der Waals surface area contributed by atoms with Crippen LogP contribution in [-0.2, 0) is 26.1 Å². The van der Waals surface area contributed by atoms with Crippen LogP contribution in [0.25, 0.3) is 0 Å². The number of esters is 1. The topological polar surface area (TPSA) is 76.2 Å². The first-order chi connectivity index (χ1) is 13.8. The van der Waals surface area contributed by atoms with Crippen LogP contribution in [0, 0.1) is 0 Å². The first-order valence-electron chi connectivity index (χ1n) is 9.10. The van der Waals surface area contributed by atoms with Crippen LogP contribution in [0.2, 0.25) is 5.02 Å². The lowest BCUT2D eigenvalue weighted by Crippen LogP contribution is -2.37. The summed E-state index contributed by atoms with van der Waals surface area (Å²) < 4.78 is 37.0. The summed E-state index contributed by atoms with van der Waals surface area (Å²) in [6, 6.07) is 11.5. The third-order valence-electron chi connectivity index (χ3n) is 4.60. The molecule has 29 heavy (non-hydrogen) atoms. The smallest absolute Gasteiger partial charge is 0.340 e. The van der Waals surface area contributed by atoms with E-state index in [1.807, 2.05) is 4.90 Å². The first-order valence-corrected chi connectivity index (χ1v) is 10.9. The number of halogens is 1. The number of sulfonamides is 1. The van der Waals surface area contributed by atoms with Crippen molar-refractivity contribution in [1.29, 1.82) is 0 Å². The van der Waals surface area contributed by atoms with Crippen LogP contribution < -0.4 is 4.90 Å². The van der Waals surface area contributed by atoms with E-state index in [-0.39, 0.29) is 17.1 Å². The zero-order valence-electron chi connectivity index (χ0n) is 16.3. The molecule has 0 amide bonds. The van der Waals surface area contributed by atoms with Gasteiger partial charge in [0.15, 0.2) is 0 Å². The summed E-state index contributed by atoms with van der Waals surface area (Å²) in [5.41, 5.74) is 1.63. The zero-order valence-corrected chi connectivity index (χ0v) is 17.9. The van der Waals surface area contributed by atoms with Crippen LogP contribution in [-0.4, -0.2) is 59.1 Å². The monoisotopic (exact) mass is 438 g/mol. The van der Waals surface area contributed by atoms with Gasteiger partial charge in [-0.15, -0.1) is 0 Å². The molecule has 1 aliphatic rings. The predicted molar refractivity (Wildman–Crippen MR) is 111 cm³/mol. The highest BCUT2D eigenvalue weighted by Gasteiger charge is 2.25. The van der Waals surface area contributed by atoms with Gasteiger partial charge >= 0.3 is 5.97 Å². The molecule has 1 aliphatic heterocycles. The van der Waals surface area contributed by atoms with Crippen molar-refractivity contribution in [2.24, 2.45) is 0 Å². The Morgan fingerprint density at radius 1 is 1.14 bits per heavy atom. The number of morpholine rings is 1. The van der Waals surface area contributed by atoms with Crippen LogP contribution in [0.1, 0.15) is 15.9 Å². The number of carbonyl (C=O) groups is 1. The molecular formula is C20H23ClN2O5S. The Morgan fingerprint density at radius 3 is 2.41 bits per heavy atom. The van der Waals surface area contributed by atoms with Crippen molar-refractivity contribution in [2.75, 3.05) is 45.3 Å². The molecule has 1 heterocycles. The Balaban J connectivity index is 1.91. The van der Waals surface area contributed by atoms with E-state index in [0.29, 0.717) is 37.0 Å². The second-order valence-electron chi connectivity index (χ2n) is 6.77. The highest BCUT2D eigenvalue weighted by molar-refractivity contribution is 7.89. The number of anilines is 1. The van der Waals surface area contributed by atoms with Gasteiger partial charge in [0.05, 0.1) is 29.4 Å². The van der Waals surface area contributed by atoms with E-state index in [2.05, 4.69) is 0 Å². The first kappa shape index (κ1) is 21.6. The van der Waals surface area contributed by atoms with Gasteiger partial charge in [-0.25, -0.2) is 17.5 Å². The Morgan fingerprint density at radius 2 is 1.79 bits per heavy atom. The fraction of sp³-hybridized carbons (Fsp3) is 0.350. The van der Waals surface area contributed by atoms with Gasteiger partial charge in [0, 0.05) is 32.2 Å². The quantitative estimate of drug-likeness (QED) is 0.645. The second-order valence-corrected chi connectivity index (χ2v) is 9.36. The lowest BCUT2D eigenvalue weighted by molar-refractivity contribution is 0.0472. The molecule has 0 radical (unpaired) electrons. The minimum atomic E-state index is -3.68. The van der Waals surface area contributed by atoms with E-state index in [9.17, 15) is 13.2 Å². The van der Waals surface area contributed by atoms with Crippen LogP contribution >= 0.6 is 11.6 Å². The average Bonchev–Trinajstić information content (AvgIpc) is 2.73. The number of carbonyl (C=O) groups excluding carboxylic acids is 1. The molecule has 0 aromatic heterocycles. The van der Waals surface area contributed by atoms with Gasteiger partial charge in [-0.05, 0) is 35.9 Å². The second kappa shape index (κ2) is 9.13. The maximum absolute atomic E-state index is 12.9. The summed E-state index contributed by atoms with van der Waals surface area (Å²) in [5.74, 6) is -0.586. The molecule has 7 nitrogen and oxygen atoms in total. The van der Waals surface area contributed by atoms with Crippen molar-refractivity contribution < 1.29 is 22.7 Å². The number of ether oxygens (including phenoxy) is 2. The molecule has 2 aromatic rings. The Kier molecular flexibility index (Phi) is 6.79. The largest absolute Gasteiger partial charge is 0.457 e.